The molecule has 0 spiro atoms. The molecule has 1 fully saturated rings. The van der Waals surface area contributed by atoms with Gasteiger partial charge in [-0.3, -0.25) is 9.59 Å². The van der Waals surface area contributed by atoms with Crippen LogP contribution in [0.25, 0.3) is 0 Å². The molecule has 1 saturated carbocycles. The van der Waals surface area contributed by atoms with Crippen molar-refractivity contribution in [2.75, 3.05) is 5.32 Å². The number of allylic oxidation sites excluding steroid dienone is 2. The molecule has 2 N–H and O–H groups in total. The van der Waals surface area contributed by atoms with Gasteiger partial charge in [-0.05, 0) is 36.5 Å². The van der Waals surface area contributed by atoms with Crippen molar-refractivity contribution >= 4 is 29.2 Å². The second-order valence-electron chi connectivity index (χ2n) is 5.46. The van der Waals surface area contributed by atoms with Crippen LogP contribution in [0.15, 0.2) is 30.4 Å². The molecule has 2 bridgehead atoms. The van der Waals surface area contributed by atoms with Crippen molar-refractivity contribution in [3.63, 3.8) is 0 Å². The van der Waals surface area contributed by atoms with Gasteiger partial charge in [0.25, 0.3) is 0 Å². The Morgan fingerprint density at radius 3 is 2.52 bits per heavy atom. The van der Waals surface area contributed by atoms with Gasteiger partial charge in [0.05, 0.1) is 16.9 Å². The zero-order valence-corrected chi connectivity index (χ0v) is 11.7. The van der Waals surface area contributed by atoms with Crippen LogP contribution < -0.4 is 5.32 Å². The molecule has 1 aromatic carbocycles. The molecule has 6 heteroatoms. The van der Waals surface area contributed by atoms with Crippen molar-refractivity contribution in [1.29, 1.82) is 0 Å². The summed E-state index contributed by atoms with van der Waals surface area (Å²) in [7, 11) is 0. The Bertz CT molecular complexity index is 646. The van der Waals surface area contributed by atoms with Gasteiger partial charge in [0, 0.05) is 5.69 Å². The number of rotatable bonds is 3. The number of carboxylic acid groups (broad SMARTS) is 1. The topological polar surface area (TPSA) is 66.4 Å². The summed E-state index contributed by atoms with van der Waals surface area (Å²) in [4.78, 5) is 23.7. The monoisotopic (exact) mass is 309 g/mol. The normalized spacial score (nSPS) is 29.6. The molecular formula is C15H13ClFNO3. The predicted octanol–water partition coefficient (Wildman–Crippen LogP) is 2.94. The van der Waals surface area contributed by atoms with E-state index in [0.717, 1.165) is 6.07 Å². The third-order valence-corrected chi connectivity index (χ3v) is 4.52. The highest BCUT2D eigenvalue weighted by molar-refractivity contribution is 6.31. The maximum atomic E-state index is 13.1. The van der Waals surface area contributed by atoms with Crippen LogP contribution in [-0.4, -0.2) is 17.0 Å². The lowest BCUT2D eigenvalue weighted by atomic mass is 9.82. The van der Waals surface area contributed by atoms with Crippen molar-refractivity contribution in [3.05, 3.63) is 41.2 Å². The summed E-state index contributed by atoms with van der Waals surface area (Å²) in [6.07, 6.45) is 4.48. The van der Waals surface area contributed by atoms with Crippen molar-refractivity contribution in [1.82, 2.24) is 0 Å². The molecule has 1 aromatic rings. The van der Waals surface area contributed by atoms with E-state index in [9.17, 15) is 19.1 Å². The van der Waals surface area contributed by atoms with E-state index in [1.54, 1.807) is 0 Å². The van der Waals surface area contributed by atoms with Crippen LogP contribution in [0.1, 0.15) is 6.42 Å². The van der Waals surface area contributed by atoms with E-state index in [2.05, 4.69) is 5.32 Å². The van der Waals surface area contributed by atoms with Crippen molar-refractivity contribution in [2.45, 2.75) is 6.42 Å². The number of carbonyl (C=O) groups excluding carboxylic acids is 1. The molecule has 4 atom stereocenters. The highest BCUT2D eigenvalue weighted by Crippen LogP contribution is 2.48. The van der Waals surface area contributed by atoms with E-state index in [4.69, 9.17) is 11.6 Å². The molecule has 3 rings (SSSR count). The minimum absolute atomic E-state index is 0.0491. The quantitative estimate of drug-likeness (QED) is 0.844. The van der Waals surface area contributed by atoms with E-state index in [0.29, 0.717) is 12.1 Å². The van der Waals surface area contributed by atoms with Crippen LogP contribution >= 0.6 is 11.6 Å². The van der Waals surface area contributed by atoms with Crippen LogP contribution in [-0.2, 0) is 9.59 Å². The minimum atomic E-state index is -0.955. The summed E-state index contributed by atoms with van der Waals surface area (Å²) in [6, 6.07) is 3.87. The fraction of sp³-hybridized carbons (Fsp3) is 0.333. The maximum absolute atomic E-state index is 13.1. The van der Waals surface area contributed by atoms with E-state index in [-0.39, 0.29) is 22.8 Å². The van der Waals surface area contributed by atoms with Crippen LogP contribution in [0, 0.1) is 29.5 Å². The van der Waals surface area contributed by atoms with Gasteiger partial charge in [-0.2, -0.15) is 0 Å². The number of carboxylic acids is 1. The summed E-state index contributed by atoms with van der Waals surface area (Å²) in [5.74, 6) is -3.31. The van der Waals surface area contributed by atoms with Gasteiger partial charge in [-0.15, -0.1) is 0 Å². The highest BCUT2D eigenvalue weighted by atomic mass is 35.5. The molecule has 21 heavy (non-hydrogen) atoms. The number of nitrogens with one attached hydrogen (secondary N) is 1. The average molecular weight is 310 g/mol. The van der Waals surface area contributed by atoms with E-state index >= 15 is 0 Å². The van der Waals surface area contributed by atoms with Gasteiger partial charge < -0.3 is 10.4 Å². The highest BCUT2D eigenvalue weighted by Gasteiger charge is 2.51. The Morgan fingerprint density at radius 1 is 1.24 bits per heavy atom. The van der Waals surface area contributed by atoms with Gasteiger partial charge in [0.1, 0.15) is 5.82 Å². The number of carbonyl (C=O) groups is 2. The van der Waals surface area contributed by atoms with Gasteiger partial charge >= 0.3 is 5.97 Å². The summed E-state index contributed by atoms with van der Waals surface area (Å²) in [5, 5.41) is 11.9. The Balaban J connectivity index is 1.80. The van der Waals surface area contributed by atoms with E-state index in [1.807, 2.05) is 12.2 Å². The molecule has 2 aliphatic carbocycles. The van der Waals surface area contributed by atoms with Crippen LogP contribution in [0.2, 0.25) is 5.02 Å². The molecule has 4 nitrogen and oxygen atoms in total. The first-order valence-corrected chi connectivity index (χ1v) is 7.02. The van der Waals surface area contributed by atoms with Crippen LogP contribution in [0.4, 0.5) is 10.1 Å². The molecule has 2 aliphatic rings. The first-order chi connectivity index (χ1) is 9.97. The molecule has 0 aromatic heterocycles. The summed E-state index contributed by atoms with van der Waals surface area (Å²) in [6.45, 7) is 0. The summed E-state index contributed by atoms with van der Waals surface area (Å²) in [5.41, 5.74) is 0.363. The standard InChI is InChI=1S/C15H13ClFNO3/c16-10-6-9(3-4-11(10)17)18-14(19)12-7-1-2-8(5-7)13(12)15(20)21/h1-4,6-8,12-13H,5H2,(H,18,19)(H,20,21)/t7-,8-,12-,13+/m0/s1. The molecule has 0 unspecified atom stereocenters. The fourth-order valence-corrected chi connectivity index (χ4v) is 3.50. The Labute approximate surface area is 125 Å². The van der Waals surface area contributed by atoms with Gasteiger partial charge in [-0.25, -0.2) is 4.39 Å². The van der Waals surface area contributed by atoms with Crippen molar-refractivity contribution in [2.24, 2.45) is 23.7 Å². The van der Waals surface area contributed by atoms with Gasteiger partial charge in [0.15, 0.2) is 0 Å². The van der Waals surface area contributed by atoms with Gasteiger partial charge in [0.2, 0.25) is 5.91 Å². The molecule has 0 heterocycles. The molecule has 0 radical (unpaired) electrons. The molecule has 0 saturated heterocycles. The number of aliphatic carboxylic acids is 1. The zero-order chi connectivity index (χ0) is 15.1. The fourth-order valence-electron chi connectivity index (χ4n) is 3.32. The van der Waals surface area contributed by atoms with E-state index < -0.39 is 23.6 Å². The Hall–Kier alpha value is -1.88. The average Bonchev–Trinajstić information content (AvgIpc) is 3.03. The number of halogens is 2. The van der Waals surface area contributed by atoms with Crippen LogP contribution in [0.5, 0.6) is 0 Å². The third-order valence-electron chi connectivity index (χ3n) is 4.23. The molecule has 110 valence electrons. The lowest BCUT2D eigenvalue weighted by molar-refractivity contribution is -0.146. The van der Waals surface area contributed by atoms with Crippen molar-refractivity contribution in [3.8, 4) is 0 Å². The molecule has 0 aliphatic heterocycles. The Kier molecular flexibility index (Phi) is 3.45. The lowest BCUT2D eigenvalue weighted by Gasteiger charge is -2.23. The first kappa shape index (κ1) is 14.1. The summed E-state index contributed by atoms with van der Waals surface area (Å²) < 4.78 is 13.1. The second-order valence-corrected chi connectivity index (χ2v) is 5.86. The number of hydrogen-bond donors (Lipinski definition) is 2. The predicted molar refractivity (Wildman–Crippen MR) is 75.4 cm³/mol. The number of hydrogen-bond acceptors (Lipinski definition) is 2. The molecule has 1 amide bonds. The number of benzene rings is 1. The van der Waals surface area contributed by atoms with Crippen molar-refractivity contribution < 1.29 is 19.1 Å². The Morgan fingerprint density at radius 2 is 1.90 bits per heavy atom. The third kappa shape index (κ3) is 2.42. The lowest BCUT2D eigenvalue weighted by Crippen LogP contribution is -2.36. The second kappa shape index (κ2) is 5.15. The number of amides is 1. The van der Waals surface area contributed by atoms with E-state index in [1.165, 1.54) is 12.1 Å². The maximum Gasteiger partial charge on any atom is 0.307 e. The van der Waals surface area contributed by atoms with Gasteiger partial charge in [-0.1, -0.05) is 23.8 Å². The SMILES string of the molecule is O=C(Nc1ccc(F)c(Cl)c1)[C@@H]1[C@H](C(=O)O)[C@H]2C=C[C@H]1C2. The first-order valence-electron chi connectivity index (χ1n) is 6.64. The zero-order valence-electron chi connectivity index (χ0n) is 10.9. The minimum Gasteiger partial charge on any atom is -0.481 e. The molecular weight excluding hydrogens is 297 g/mol. The largest absolute Gasteiger partial charge is 0.481 e. The van der Waals surface area contributed by atoms with Crippen LogP contribution in [0.3, 0.4) is 0 Å². The summed E-state index contributed by atoms with van der Waals surface area (Å²) >= 11 is 5.67. The number of fused-ring (bicyclic) bond motifs is 2. The smallest absolute Gasteiger partial charge is 0.307 e. The number of anilines is 1.